The molecule has 0 amide bonds. The number of benzene rings is 1. The van der Waals surface area contributed by atoms with Gasteiger partial charge in [-0.3, -0.25) is 4.98 Å². The van der Waals surface area contributed by atoms with E-state index in [9.17, 15) is 4.79 Å². The van der Waals surface area contributed by atoms with E-state index in [1.54, 1.807) is 13.3 Å². The molecule has 28 heavy (non-hydrogen) atoms. The van der Waals surface area contributed by atoms with Gasteiger partial charge in [-0.15, -0.1) is 0 Å². The van der Waals surface area contributed by atoms with Gasteiger partial charge in [-0.1, -0.05) is 24.3 Å². The van der Waals surface area contributed by atoms with Gasteiger partial charge in [-0.05, 0) is 24.8 Å². The SMILES string of the molecule is COC(=O)c1nc(C2CC2)cnc1Cc1cccc(C2=CCOCC2)c1OC. The number of carbonyl (C=O) groups is 1. The number of para-hydroxylation sites is 1. The molecule has 0 spiro atoms. The Kier molecular flexibility index (Phi) is 5.39. The Balaban J connectivity index is 1.71. The van der Waals surface area contributed by atoms with Crippen molar-refractivity contribution < 1.29 is 19.0 Å². The van der Waals surface area contributed by atoms with Crippen molar-refractivity contribution in [2.75, 3.05) is 27.4 Å². The zero-order valence-corrected chi connectivity index (χ0v) is 16.2. The van der Waals surface area contributed by atoms with Crippen LogP contribution in [0.2, 0.25) is 0 Å². The quantitative estimate of drug-likeness (QED) is 0.714. The van der Waals surface area contributed by atoms with Gasteiger partial charge < -0.3 is 14.2 Å². The Morgan fingerprint density at radius 2 is 2.14 bits per heavy atom. The van der Waals surface area contributed by atoms with Gasteiger partial charge in [0.05, 0.1) is 38.8 Å². The lowest BCUT2D eigenvalue weighted by Gasteiger charge is -2.19. The highest BCUT2D eigenvalue weighted by molar-refractivity contribution is 5.88. The van der Waals surface area contributed by atoms with Crippen LogP contribution in [0.3, 0.4) is 0 Å². The van der Waals surface area contributed by atoms with Crippen molar-refractivity contribution in [2.45, 2.75) is 31.6 Å². The fourth-order valence-electron chi connectivity index (χ4n) is 3.56. The second kappa shape index (κ2) is 8.10. The monoisotopic (exact) mass is 380 g/mol. The molecule has 2 aromatic rings. The summed E-state index contributed by atoms with van der Waals surface area (Å²) < 4.78 is 16.1. The molecule has 0 radical (unpaired) electrons. The minimum atomic E-state index is -0.452. The second-order valence-corrected chi connectivity index (χ2v) is 7.09. The highest BCUT2D eigenvalue weighted by atomic mass is 16.5. The Hall–Kier alpha value is -2.73. The maximum atomic E-state index is 12.3. The summed E-state index contributed by atoms with van der Waals surface area (Å²) >= 11 is 0. The van der Waals surface area contributed by atoms with Crippen LogP contribution in [0.15, 0.2) is 30.5 Å². The second-order valence-electron chi connectivity index (χ2n) is 7.09. The molecule has 2 heterocycles. The maximum Gasteiger partial charge on any atom is 0.358 e. The Bertz CT molecular complexity index is 919. The topological polar surface area (TPSA) is 70.5 Å². The summed E-state index contributed by atoms with van der Waals surface area (Å²) in [5, 5.41) is 0. The molecule has 146 valence electrons. The summed E-state index contributed by atoms with van der Waals surface area (Å²) in [6, 6.07) is 6.07. The third-order valence-electron chi connectivity index (χ3n) is 5.21. The first kappa shape index (κ1) is 18.6. The van der Waals surface area contributed by atoms with Crippen molar-refractivity contribution in [1.82, 2.24) is 9.97 Å². The molecule has 1 saturated carbocycles. The molecule has 4 rings (SSSR count). The highest BCUT2D eigenvalue weighted by Crippen LogP contribution is 2.39. The maximum absolute atomic E-state index is 12.3. The fraction of sp³-hybridized carbons (Fsp3) is 0.409. The smallest absolute Gasteiger partial charge is 0.358 e. The normalized spacial score (nSPS) is 16.4. The molecular formula is C22H24N2O4. The fourth-order valence-corrected chi connectivity index (χ4v) is 3.56. The Morgan fingerprint density at radius 3 is 2.82 bits per heavy atom. The van der Waals surface area contributed by atoms with E-state index in [2.05, 4.69) is 22.1 Å². The highest BCUT2D eigenvalue weighted by Gasteiger charge is 2.28. The van der Waals surface area contributed by atoms with Gasteiger partial charge in [0.15, 0.2) is 5.69 Å². The Morgan fingerprint density at radius 1 is 1.29 bits per heavy atom. The molecule has 0 atom stereocenters. The summed E-state index contributed by atoms with van der Waals surface area (Å²) in [7, 11) is 3.04. The molecular weight excluding hydrogens is 356 g/mol. The lowest BCUT2D eigenvalue weighted by atomic mass is 9.96. The Labute approximate surface area is 164 Å². The lowest BCUT2D eigenvalue weighted by molar-refractivity contribution is 0.0591. The van der Waals surface area contributed by atoms with Crippen LogP contribution >= 0.6 is 0 Å². The van der Waals surface area contributed by atoms with Gasteiger partial charge in [0, 0.05) is 29.7 Å². The third-order valence-corrected chi connectivity index (χ3v) is 5.21. The molecule has 0 unspecified atom stereocenters. The predicted molar refractivity (Wildman–Crippen MR) is 105 cm³/mol. The molecule has 6 nitrogen and oxygen atoms in total. The van der Waals surface area contributed by atoms with Crippen LogP contribution in [0.5, 0.6) is 5.75 Å². The molecule has 1 aromatic heterocycles. The third kappa shape index (κ3) is 3.78. The van der Waals surface area contributed by atoms with Crippen molar-refractivity contribution in [3.8, 4) is 5.75 Å². The van der Waals surface area contributed by atoms with Crippen LogP contribution < -0.4 is 4.74 Å². The number of esters is 1. The van der Waals surface area contributed by atoms with E-state index < -0.39 is 5.97 Å². The first-order chi connectivity index (χ1) is 13.7. The minimum Gasteiger partial charge on any atom is -0.496 e. The van der Waals surface area contributed by atoms with Gasteiger partial charge in [0.1, 0.15) is 5.75 Å². The van der Waals surface area contributed by atoms with E-state index in [1.165, 1.54) is 12.7 Å². The van der Waals surface area contributed by atoms with E-state index in [-0.39, 0.29) is 0 Å². The van der Waals surface area contributed by atoms with Crippen LogP contribution in [-0.4, -0.2) is 43.4 Å². The average Bonchev–Trinajstić information content (AvgIpc) is 3.59. The van der Waals surface area contributed by atoms with Crippen molar-refractivity contribution in [1.29, 1.82) is 0 Å². The molecule has 0 bridgehead atoms. The summed E-state index contributed by atoms with van der Waals surface area (Å²) in [4.78, 5) is 21.4. The number of methoxy groups -OCH3 is 2. The number of ether oxygens (including phenoxy) is 3. The summed E-state index contributed by atoms with van der Waals surface area (Å²) in [5.74, 6) is 0.773. The van der Waals surface area contributed by atoms with Crippen LogP contribution in [0.4, 0.5) is 0 Å². The van der Waals surface area contributed by atoms with E-state index in [0.29, 0.717) is 36.9 Å². The zero-order valence-electron chi connectivity index (χ0n) is 16.2. The average molecular weight is 380 g/mol. The summed E-state index contributed by atoms with van der Waals surface area (Å²) in [5.41, 5.74) is 5.01. The van der Waals surface area contributed by atoms with Crippen LogP contribution in [0.1, 0.15) is 58.2 Å². The molecule has 0 N–H and O–H groups in total. The largest absolute Gasteiger partial charge is 0.496 e. The number of hydrogen-bond acceptors (Lipinski definition) is 6. The van der Waals surface area contributed by atoms with Gasteiger partial charge in [0.25, 0.3) is 0 Å². The number of carbonyl (C=O) groups excluding carboxylic acids is 1. The molecule has 2 aliphatic rings. The molecule has 1 fully saturated rings. The molecule has 1 aliphatic carbocycles. The number of aromatic nitrogens is 2. The predicted octanol–water partition coefficient (Wildman–Crippen LogP) is 3.54. The van der Waals surface area contributed by atoms with Crippen LogP contribution in [0.25, 0.3) is 5.57 Å². The summed E-state index contributed by atoms with van der Waals surface area (Å²) in [6.07, 6.45) is 7.38. The molecule has 0 saturated heterocycles. The molecule has 1 aromatic carbocycles. The van der Waals surface area contributed by atoms with E-state index in [0.717, 1.165) is 41.8 Å². The van der Waals surface area contributed by atoms with Gasteiger partial charge >= 0.3 is 5.97 Å². The van der Waals surface area contributed by atoms with Gasteiger partial charge in [-0.25, -0.2) is 9.78 Å². The number of nitrogens with zero attached hydrogens (tertiary/aromatic N) is 2. The van der Waals surface area contributed by atoms with Gasteiger partial charge in [0.2, 0.25) is 0 Å². The van der Waals surface area contributed by atoms with E-state index in [1.807, 2.05) is 12.1 Å². The first-order valence-corrected chi connectivity index (χ1v) is 9.58. The number of rotatable bonds is 6. The van der Waals surface area contributed by atoms with E-state index >= 15 is 0 Å². The van der Waals surface area contributed by atoms with Crippen LogP contribution in [0, 0.1) is 0 Å². The van der Waals surface area contributed by atoms with Gasteiger partial charge in [-0.2, -0.15) is 0 Å². The van der Waals surface area contributed by atoms with Crippen molar-refractivity contribution in [3.05, 3.63) is 58.7 Å². The van der Waals surface area contributed by atoms with Crippen molar-refractivity contribution in [2.24, 2.45) is 0 Å². The first-order valence-electron chi connectivity index (χ1n) is 9.58. The molecule has 6 heteroatoms. The molecule has 1 aliphatic heterocycles. The summed E-state index contributed by atoms with van der Waals surface area (Å²) in [6.45, 7) is 1.32. The van der Waals surface area contributed by atoms with Crippen molar-refractivity contribution >= 4 is 11.5 Å². The lowest BCUT2D eigenvalue weighted by Crippen LogP contribution is -2.13. The van der Waals surface area contributed by atoms with Crippen LogP contribution in [-0.2, 0) is 15.9 Å². The van der Waals surface area contributed by atoms with Crippen molar-refractivity contribution in [3.63, 3.8) is 0 Å². The minimum absolute atomic E-state index is 0.296. The zero-order chi connectivity index (χ0) is 19.5. The van der Waals surface area contributed by atoms with E-state index in [4.69, 9.17) is 14.2 Å². The standard InChI is InChI=1S/C22H24N2O4/c1-26-21-16(4-3-5-17(21)14-8-10-28-11-9-14)12-18-20(22(25)27-2)24-19(13-23-18)15-6-7-15/h3-5,8,13,15H,6-7,9-12H2,1-2H3. The number of hydrogen-bond donors (Lipinski definition) is 0.